The summed E-state index contributed by atoms with van der Waals surface area (Å²) in [4.78, 5) is 0. The summed E-state index contributed by atoms with van der Waals surface area (Å²) in [6.07, 6.45) is 0. The summed E-state index contributed by atoms with van der Waals surface area (Å²) < 4.78 is 2.54. The summed E-state index contributed by atoms with van der Waals surface area (Å²) in [5.41, 5.74) is 4.97. The van der Waals surface area contributed by atoms with Crippen LogP contribution in [0, 0.1) is 0 Å². The monoisotopic (exact) mass is 370 g/mol. The first-order chi connectivity index (χ1) is 12.8. The smallest absolute Gasteiger partial charge is 0.0420 e. The molecular formula is C24H15ClS. The third-order valence-electron chi connectivity index (χ3n) is 4.76. The van der Waals surface area contributed by atoms with Crippen molar-refractivity contribution in [2.75, 3.05) is 0 Å². The van der Waals surface area contributed by atoms with Gasteiger partial charge in [-0.05, 0) is 46.5 Å². The van der Waals surface area contributed by atoms with Crippen LogP contribution in [-0.4, -0.2) is 0 Å². The van der Waals surface area contributed by atoms with Gasteiger partial charge in [0, 0.05) is 25.2 Å². The van der Waals surface area contributed by atoms with Crippen LogP contribution in [0.25, 0.3) is 42.4 Å². The van der Waals surface area contributed by atoms with Gasteiger partial charge < -0.3 is 0 Å². The fraction of sp³-hybridized carbons (Fsp3) is 0. The molecule has 0 nitrogen and oxygen atoms in total. The molecule has 1 heterocycles. The van der Waals surface area contributed by atoms with Crippen molar-refractivity contribution in [3.63, 3.8) is 0 Å². The van der Waals surface area contributed by atoms with E-state index in [-0.39, 0.29) is 0 Å². The third kappa shape index (κ3) is 2.70. The SMILES string of the molecule is Clc1ccc2c(c1)sc1ccc(-c3ccc(-c4ccccc4)cc3)cc12. The van der Waals surface area contributed by atoms with E-state index in [1.54, 1.807) is 11.3 Å². The van der Waals surface area contributed by atoms with Gasteiger partial charge in [-0.2, -0.15) is 0 Å². The van der Waals surface area contributed by atoms with Crippen LogP contribution in [0.1, 0.15) is 0 Å². The second-order valence-electron chi connectivity index (χ2n) is 6.40. The van der Waals surface area contributed by atoms with E-state index in [1.807, 2.05) is 12.1 Å². The standard InChI is InChI=1S/C24H15ClS/c25-20-11-12-21-22-14-19(10-13-23(22)26-24(21)15-20)18-8-6-17(7-9-18)16-4-2-1-3-5-16/h1-15H. The average Bonchev–Trinajstić information content (AvgIpc) is 3.05. The van der Waals surface area contributed by atoms with Crippen molar-refractivity contribution in [1.82, 2.24) is 0 Å². The van der Waals surface area contributed by atoms with Crippen LogP contribution in [-0.2, 0) is 0 Å². The molecule has 0 N–H and O–H groups in total. The van der Waals surface area contributed by atoms with Crippen molar-refractivity contribution in [3.05, 3.63) is 96.0 Å². The molecule has 0 aliphatic rings. The zero-order valence-electron chi connectivity index (χ0n) is 13.9. The van der Waals surface area contributed by atoms with Gasteiger partial charge in [0.05, 0.1) is 0 Å². The molecule has 0 atom stereocenters. The second kappa shape index (κ2) is 6.28. The zero-order valence-corrected chi connectivity index (χ0v) is 15.5. The van der Waals surface area contributed by atoms with E-state index < -0.39 is 0 Å². The molecule has 5 rings (SSSR count). The van der Waals surface area contributed by atoms with Crippen LogP contribution < -0.4 is 0 Å². The Morgan fingerprint density at radius 2 is 1.15 bits per heavy atom. The molecule has 124 valence electrons. The quantitative estimate of drug-likeness (QED) is 0.295. The maximum Gasteiger partial charge on any atom is 0.0420 e. The summed E-state index contributed by atoms with van der Waals surface area (Å²) in [5, 5.41) is 3.37. The Bertz CT molecular complexity index is 1220. The number of hydrogen-bond donors (Lipinski definition) is 0. The molecule has 0 saturated carbocycles. The highest BCUT2D eigenvalue weighted by molar-refractivity contribution is 7.25. The van der Waals surface area contributed by atoms with Crippen LogP contribution in [0.4, 0.5) is 0 Å². The number of hydrogen-bond acceptors (Lipinski definition) is 1. The number of fused-ring (bicyclic) bond motifs is 3. The Morgan fingerprint density at radius 3 is 1.92 bits per heavy atom. The maximum atomic E-state index is 6.15. The minimum absolute atomic E-state index is 0.792. The molecule has 0 saturated heterocycles. The number of thiophene rings is 1. The summed E-state index contributed by atoms with van der Waals surface area (Å²) >= 11 is 7.94. The first-order valence-electron chi connectivity index (χ1n) is 8.56. The lowest BCUT2D eigenvalue weighted by Gasteiger charge is -2.05. The summed E-state index contributed by atoms with van der Waals surface area (Å²) in [5.74, 6) is 0. The topological polar surface area (TPSA) is 0 Å². The molecule has 0 unspecified atom stereocenters. The first-order valence-corrected chi connectivity index (χ1v) is 9.75. The fourth-order valence-corrected chi connectivity index (χ4v) is 4.78. The number of rotatable bonds is 2. The molecule has 4 aromatic carbocycles. The second-order valence-corrected chi connectivity index (χ2v) is 7.92. The van der Waals surface area contributed by atoms with Gasteiger partial charge in [-0.25, -0.2) is 0 Å². The summed E-state index contributed by atoms with van der Waals surface area (Å²) in [6.45, 7) is 0. The Balaban J connectivity index is 1.59. The molecule has 0 bridgehead atoms. The molecule has 2 heteroatoms. The molecule has 5 aromatic rings. The van der Waals surface area contributed by atoms with Crippen LogP contribution in [0.3, 0.4) is 0 Å². The largest absolute Gasteiger partial charge is 0.135 e. The predicted molar refractivity (Wildman–Crippen MR) is 115 cm³/mol. The van der Waals surface area contributed by atoms with Crippen LogP contribution in [0.2, 0.25) is 5.02 Å². The minimum Gasteiger partial charge on any atom is -0.135 e. The highest BCUT2D eigenvalue weighted by atomic mass is 35.5. The molecule has 0 spiro atoms. The first kappa shape index (κ1) is 15.6. The van der Waals surface area contributed by atoms with E-state index >= 15 is 0 Å². The van der Waals surface area contributed by atoms with Gasteiger partial charge in [0.15, 0.2) is 0 Å². The van der Waals surface area contributed by atoms with E-state index in [0.29, 0.717) is 0 Å². The molecular weight excluding hydrogens is 356 g/mol. The van der Waals surface area contributed by atoms with Gasteiger partial charge in [-0.1, -0.05) is 78.3 Å². The van der Waals surface area contributed by atoms with Crippen LogP contribution >= 0.6 is 22.9 Å². The summed E-state index contributed by atoms with van der Waals surface area (Å²) in [7, 11) is 0. The lowest BCUT2D eigenvalue weighted by Crippen LogP contribution is -1.80. The van der Waals surface area contributed by atoms with E-state index in [0.717, 1.165) is 5.02 Å². The fourth-order valence-electron chi connectivity index (χ4n) is 3.42. The van der Waals surface area contributed by atoms with E-state index in [9.17, 15) is 0 Å². The average molecular weight is 371 g/mol. The highest BCUT2D eigenvalue weighted by Gasteiger charge is 2.08. The van der Waals surface area contributed by atoms with Crippen molar-refractivity contribution in [2.24, 2.45) is 0 Å². The molecule has 0 aliphatic heterocycles. The van der Waals surface area contributed by atoms with Crippen LogP contribution in [0.5, 0.6) is 0 Å². The number of halogens is 1. The Hall–Kier alpha value is -2.61. The van der Waals surface area contributed by atoms with E-state index in [1.165, 1.54) is 42.4 Å². The van der Waals surface area contributed by atoms with Gasteiger partial charge in [0.1, 0.15) is 0 Å². The van der Waals surface area contributed by atoms with Crippen molar-refractivity contribution in [2.45, 2.75) is 0 Å². The van der Waals surface area contributed by atoms with Crippen molar-refractivity contribution in [1.29, 1.82) is 0 Å². The zero-order chi connectivity index (χ0) is 17.5. The summed E-state index contributed by atoms with van der Waals surface area (Å²) in [6, 6.07) is 32.1. The van der Waals surface area contributed by atoms with E-state index in [4.69, 9.17) is 11.6 Å². The van der Waals surface area contributed by atoms with Crippen molar-refractivity contribution in [3.8, 4) is 22.3 Å². The van der Waals surface area contributed by atoms with Crippen molar-refractivity contribution >= 4 is 43.1 Å². The Kier molecular flexibility index (Phi) is 3.77. The van der Waals surface area contributed by atoms with Gasteiger partial charge >= 0.3 is 0 Å². The highest BCUT2D eigenvalue weighted by Crippen LogP contribution is 2.37. The molecule has 26 heavy (non-hydrogen) atoms. The normalized spacial score (nSPS) is 11.3. The third-order valence-corrected chi connectivity index (χ3v) is 6.13. The Labute approximate surface area is 161 Å². The minimum atomic E-state index is 0.792. The lowest BCUT2D eigenvalue weighted by molar-refractivity contribution is 1.60. The van der Waals surface area contributed by atoms with Gasteiger partial charge in [0.25, 0.3) is 0 Å². The maximum absolute atomic E-state index is 6.15. The predicted octanol–water partition coefficient (Wildman–Crippen LogP) is 8.04. The van der Waals surface area contributed by atoms with Gasteiger partial charge in [0.2, 0.25) is 0 Å². The molecule has 0 amide bonds. The van der Waals surface area contributed by atoms with Gasteiger partial charge in [-0.15, -0.1) is 11.3 Å². The van der Waals surface area contributed by atoms with Gasteiger partial charge in [-0.3, -0.25) is 0 Å². The number of benzene rings is 4. The Morgan fingerprint density at radius 1 is 0.500 bits per heavy atom. The molecule has 0 fully saturated rings. The van der Waals surface area contributed by atoms with Crippen molar-refractivity contribution < 1.29 is 0 Å². The molecule has 0 radical (unpaired) electrons. The molecule has 0 aliphatic carbocycles. The molecule has 1 aromatic heterocycles. The van der Waals surface area contributed by atoms with Crippen LogP contribution in [0.15, 0.2) is 91.0 Å². The van der Waals surface area contributed by atoms with E-state index in [2.05, 4.69) is 78.9 Å². The lowest BCUT2D eigenvalue weighted by atomic mass is 9.99.